The van der Waals surface area contributed by atoms with Crippen LogP contribution in [0.5, 0.6) is 0 Å². The van der Waals surface area contributed by atoms with Crippen LogP contribution in [0.15, 0.2) is 24.3 Å². The van der Waals surface area contributed by atoms with Crippen LogP contribution in [0.1, 0.15) is 34.5 Å². The smallest absolute Gasteiger partial charge is 0.254 e. The molecule has 0 bridgehead atoms. The van der Waals surface area contributed by atoms with E-state index in [0.717, 1.165) is 53.7 Å². The highest BCUT2D eigenvalue weighted by molar-refractivity contribution is 6.06. The van der Waals surface area contributed by atoms with Crippen LogP contribution in [0.2, 0.25) is 0 Å². The first-order valence-electron chi connectivity index (χ1n) is 9.36. The monoisotopic (exact) mass is 355 g/mol. The summed E-state index contributed by atoms with van der Waals surface area (Å²) in [5, 5.41) is 0.932. The number of nitrogens with zero attached hydrogens (tertiary/aromatic N) is 3. The molecule has 0 atom stereocenters. The highest BCUT2D eigenvalue weighted by Gasteiger charge is 2.28. The third-order valence-corrected chi connectivity index (χ3v) is 5.25. The summed E-state index contributed by atoms with van der Waals surface area (Å²) < 4.78 is 5.28. The Labute approximate surface area is 156 Å². The van der Waals surface area contributed by atoms with E-state index in [4.69, 9.17) is 4.74 Å². The fraction of sp³-hybridized carbons (Fsp3) is 0.524. The maximum absolute atomic E-state index is 13.5. The minimum Gasteiger partial charge on any atom is -0.383 e. The second-order valence-corrected chi connectivity index (χ2v) is 7.36. The van der Waals surface area contributed by atoms with Gasteiger partial charge in [-0.2, -0.15) is 0 Å². The maximum atomic E-state index is 13.5. The van der Waals surface area contributed by atoms with E-state index in [1.54, 1.807) is 7.11 Å². The number of carbonyl (C=O) groups excluding carboxylic acids is 1. The number of rotatable bonds is 5. The van der Waals surface area contributed by atoms with Crippen LogP contribution in [0, 0.1) is 13.8 Å². The molecule has 0 saturated carbocycles. The molecule has 0 spiro atoms. The van der Waals surface area contributed by atoms with Crippen molar-refractivity contribution in [3.8, 4) is 0 Å². The Bertz CT molecular complexity index is 777. The summed E-state index contributed by atoms with van der Waals surface area (Å²) in [4.78, 5) is 22.5. The highest BCUT2D eigenvalue weighted by Crippen LogP contribution is 2.24. The third-order valence-electron chi connectivity index (χ3n) is 5.25. The van der Waals surface area contributed by atoms with Crippen LogP contribution in [-0.2, 0) is 4.74 Å². The Morgan fingerprint density at radius 2 is 2.00 bits per heavy atom. The SMILES string of the molecule is COCCN(C(=O)c1cc(C)nc2cc(C)ccc12)C1CCN(C)CC1. The van der Waals surface area contributed by atoms with Crippen LogP contribution >= 0.6 is 0 Å². The number of aromatic nitrogens is 1. The van der Waals surface area contributed by atoms with Crippen LogP contribution in [0.25, 0.3) is 10.9 Å². The van der Waals surface area contributed by atoms with Crippen molar-refractivity contribution in [3.05, 3.63) is 41.1 Å². The average Bonchev–Trinajstić information content (AvgIpc) is 2.62. The normalized spacial score (nSPS) is 16.2. The van der Waals surface area contributed by atoms with Gasteiger partial charge in [0.2, 0.25) is 0 Å². The first-order chi connectivity index (χ1) is 12.5. The van der Waals surface area contributed by atoms with E-state index >= 15 is 0 Å². The van der Waals surface area contributed by atoms with E-state index < -0.39 is 0 Å². The first kappa shape index (κ1) is 18.8. The predicted octanol–water partition coefficient (Wildman–Crippen LogP) is 3.03. The van der Waals surface area contributed by atoms with E-state index in [2.05, 4.69) is 16.9 Å². The fourth-order valence-corrected chi connectivity index (χ4v) is 3.75. The molecule has 0 aliphatic carbocycles. The summed E-state index contributed by atoms with van der Waals surface area (Å²) in [6, 6.07) is 8.31. The fourth-order valence-electron chi connectivity index (χ4n) is 3.75. The largest absolute Gasteiger partial charge is 0.383 e. The Kier molecular flexibility index (Phi) is 5.89. The zero-order valence-corrected chi connectivity index (χ0v) is 16.3. The lowest BCUT2D eigenvalue weighted by molar-refractivity contribution is 0.0506. The molecule has 3 rings (SSSR count). The number of amides is 1. The first-order valence-corrected chi connectivity index (χ1v) is 9.36. The Balaban J connectivity index is 1.97. The van der Waals surface area contributed by atoms with Gasteiger partial charge in [-0.05, 0) is 64.5 Å². The van der Waals surface area contributed by atoms with Crippen molar-refractivity contribution in [2.24, 2.45) is 0 Å². The van der Waals surface area contributed by atoms with Crippen molar-refractivity contribution < 1.29 is 9.53 Å². The van der Waals surface area contributed by atoms with Gasteiger partial charge in [0.05, 0.1) is 17.7 Å². The molecule has 1 aromatic heterocycles. The van der Waals surface area contributed by atoms with Gasteiger partial charge in [-0.3, -0.25) is 9.78 Å². The molecule has 1 amide bonds. The van der Waals surface area contributed by atoms with Gasteiger partial charge in [0.15, 0.2) is 0 Å². The number of piperidine rings is 1. The van der Waals surface area contributed by atoms with Crippen LogP contribution in [0.4, 0.5) is 0 Å². The second kappa shape index (κ2) is 8.14. The third kappa shape index (κ3) is 4.05. The molecule has 26 heavy (non-hydrogen) atoms. The highest BCUT2D eigenvalue weighted by atomic mass is 16.5. The minimum absolute atomic E-state index is 0.0935. The summed E-state index contributed by atoms with van der Waals surface area (Å²) in [6.45, 7) is 7.23. The van der Waals surface area contributed by atoms with Crippen molar-refractivity contribution in [1.82, 2.24) is 14.8 Å². The molecule has 0 radical (unpaired) electrons. The summed E-state index contributed by atoms with van der Waals surface area (Å²) >= 11 is 0. The van der Waals surface area contributed by atoms with E-state index in [0.29, 0.717) is 13.2 Å². The Morgan fingerprint density at radius 3 is 2.69 bits per heavy atom. The molecule has 140 valence electrons. The lowest BCUT2D eigenvalue weighted by atomic mass is 10.00. The van der Waals surface area contributed by atoms with Crippen molar-refractivity contribution in [2.75, 3.05) is 40.4 Å². The van der Waals surface area contributed by atoms with Crippen molar-refractivity contribution in [3.63, 3.8) is 0 Å². The number of benzene rings is 1. The molecule has 5 heteroatoms. The summed E-state index contributed by atoms with van der Waals surface area (Å²) in [5.41, 5.74) is 3.67. The standard InChI is InChI=1S/C21H29N3O2/c1-15-5-6-18-19(14-16(2)22-20(18)13-15)21(25)24(11-12-26-4)17-7-9-23(3)10-8-17/h5-6,13-14,17H,7-12H2,1-4H3. The minimum atomic E-state index is 0.0935. The van der Waals surface area contributed by atoms with Crippen LogP contribution < -0.4 is 0 Å². The molecule has 2 aromatic rings. The van der Waals surface area contributed by atoms with Gasteiger partial charge in [0.25, 0.3) is 5.91 Å². The topological polar surface area (TPSA) is 45.7 Å². The number of hydrogen-bond acceptors (Lipinski definition) is 4. The number of fused-ring (bicyclic) bond motifs is 1. The number of pyridine rings is 1. The van der Waals surface area contributed by atoms with Gasteiger partial charge in [-0.1, -0.05) is 12.1 Å². The van der Waals surface area contributed by atoms with Crippen molar-refractivity contribution in [1.29, 1.82) is 0 Å². The molecule has 1 aliphatic heterocycles. The molecular formula is C21H29N3O2. The van der Waals surface area contributed by atoms with Gasteiger partial charge in [-0.25, -0.2) is 0 Å². The molecule has 2 heterocycles. The quantitative estimate of drug-likeness (QED) is 0.827. The zero-order valence-electron chi connectivity index (χ0n) is 16.3. The number of likely N-dealkylation sites (tertiary alicyclic amines) is 1. The number of aryl methyl sites for hydroxylation is 2. The van der Waals surface area contributed by atoms with Crippen LogP contribution in [0.3, 0.4) is 0 Å². The molecule has 1 fully saturated rings. The predicted molar refractivity (Wildman–Crippen MR) is 105 cm³/mol. The van der Waals surface area contributed by atoms with Gasteiger partial charge < -0.3 is 14.5 Å². The lowest BCUT2D eigenvalue weighted by Gasteiger charge is -2.37. The Hall–Kier alpha value is -1.98. The number of carbonyl (C=O) groups is 1. The zero-order chi connectivity index (χ0) is 18.7. The van der Waals surface area contributed by atoms with Crippen molar-refractivity contribution >= 4 is 16.8 Å². The van der Waals surface area contributed by atoms with Gasteiger partial charge in [0.1, 0.15) is 0 Å². The van der Waals surface area contributed by atoms with Gasteiger partial charge >= 0.3 is 0 Å². The van der Waals surface area contributed by atoms with E-state index in [-0.39, 0.29) is 11.9 Å². The lowest BCUT2D eigenvalue weighted by Crippen LogP contribution is -2.47. The van der Waals surface area contributed by atoms with E-state index in [1.807, 2.05) is 43.0 Å². The van der Waals surface area contributed by atoms with Crippen molar-refractivity contribution in [2.45, 2.75) is 32.7 Å². The summed E-state index contributed by atoms with van der Waals surface area (Å²) in [6.07, 6.45) is 2.01. The van der Waals surface area contributed by atoms with Gasteiger partial charge in [0, 0.05) is 30.8 Å². The van der Waals surface area contributed by atoms with E-state index in [1.165, 1.54) is 0 Å². The second-order valence-electron chi connectivity index (χ2n) is 7.36. The molecular weight excluding hydrogens is 326 g/mol. The number of hydrogen-bond donors (Lipinski definition) is 0. The molecule has 0 unspecified atom stereocenters. The molecule has 1 aromatic carbocycles. The summed E-state index contributed by atoms with van der Waals surface area (Å²) in [5.74, 6) is 0.0935. The van der Waals surface area contributed by atoms with Gasteiger partial charge in [-0.15, -0.1) is 0 Å². The molecule has 0 N–H and O–H groups in total. The molecule has 1 aliphatic rings. The Morgan fingerprint density at radius 1 is 1.27 bits per heavy atom. The molecule has 1 saturated heterocycles. The van der Waals surface area contributed by atoms with E-state index in [9.17, 15) is 4.79 Å². The maximum Gasteiger partial charge on any atom is 0.254 e. The average molecular weight is 355 g/mol. The number of methoxy groups -OCH3 is 1. The van der Waals surface area contributed by atoms with Crippen LogP contribution in [-0.4, -0.2) is 67.1 Å². The summed E-state index contributed by atoms with van der Waals surface area (Å²) in [7, 11) is 3.83. The number of ether oxygens (including phenoxy) is 1. The molecule has 5 nitrogen and oxygen atoms in total.